The molecule has 1 aromatic carbocycles. The molecule has 84 valence electrons. The Bertz CT molecular complexity index is 675. The molecule has 2 aromatic rings. The Kier molecular flexibility index (Phi) is 2.12. The third-order valence-corrected chi connectivity index (χ3v) is 2.82. The van der Waals surface area contributed by atoms with Crippen LogP contribution in [0.25, 0.3) is 11.0 Å². The molecule has 0 bridgehead atoms. The van der Waals surface area contributed by atoms with Crippen molar-refractivity contribution in [3.05, 3.63) is 28.3 Å². The summed E-state index contributed by atoms with van der Waals surface area (Å²) >= 11 is 0. The maximum Gasteiger partial charge on any atom is 0.271 e. The van der Waals surface area contributed by atoms with Gasteiger partial charge < -0.3 is 0 Å². The second-order valence-electron chi connectivity index (χ2n) is 3.13. The second kappa shape index (κ2) is 3.23. The Hall–Kier alpha value is -2.03. The van der Waals surface area contributed by atoms with Crippen molar-refractivity contribution in [2.45, 2.75) is 0 Å². The standard InChI is InChI=1S/C7H6N4O4S/c1-16(14,15)10-7-3-2-5(11(12)13)4-6(7)8-9-10/h2-4H,1H3. The van der Waals surface area contributed by atoms with Gasteiger partial charge in [0.25, 0.3) is 15.7 Å². The molecule has 16 heavy (non-hydrogen) atoms. The normalized spacial score (nSPS) is 11.8. The molecule has 8 nitrogen and oxygen atoms in total. The molecule has 2 rings (SSSR count). The van der Waals surface area contributed by atoms with Gasteiger partial charge in [-0.25, -0.2) is 8.42 Å². The van der Waals surface area contributed by atoms with Crippen LogP contribution in [-0.2, 0) is 10.0 Å². The Labute approximate surface area is 89.7 Å². The van der Waals surface area contributed by atoms with E-state index in [4.69, 9.17) is 0 Å². The molecule has 0 unspecified atom stereocenters. The SMILES string of the molecule is CS(=O)(=O)n1nnc2cc([N+](=O)[O-])ccc21. The van der Waals surface area contributed by atoms with Crippen molar-refractivity contribution in [2.24, 2.45) is 0 Å². The fourth-order valence-electron chi connectivity index (χ4n) is 1.25. The molecule has 1 heterocycles. The van der Waals surface area contributed by atoms with E-state index in [0.29, 0.717) is 0 Å². The summed E-state index contributed by atoms with van der Waals surface area (Å²) in [5.41, 5.74) is 0.223. The number of aromatic nitrogens is 3. The number of non-ortho nitro benzene ring substituents is 1. The van der Waals surface area contributed by atoms with E-state index in [9.17, 15) is 18.5 Å². The molecular weight excluding hydrogens is 236 g/mol. The molecule has 0 N–H and O–H groups in total. The van der Waals surface area contributed by atoms with Crippen molar-refractivity contribution in [1.82, 2.24) is 14.4 Å². The van der Waals surface area contributed by atoms with Gasteiger partial charge in [0, 0.05) is 12.1 Å². The van der Waals surface area contributed by atoms with Gasteiger partial charge in [-0.1, -0.05) is 5.21 Å². The quantitative estimate of drug-likeness (QED) is 0.547. The van der Waals surface area contributed by atoms with E-state index in [0.717, 1.165) is 10.3 Å². The molecule has 0 atom stereocenters. The first-order valence-corrected chi connectivity index (χ1v) is 5.95. The molecule has 0 aliphatic carbocycles. The summed E-state index contributed by atoms with van der Waals surface area (Å²) < 4.78 is 23.2. The Morgan fingerprint density at radius 3 is 2.69 bits per heavy atom. The maximum atomic E-state index is 11.3. The van der Waals surface area contributed by atoms with Gasteiger partial charge in [0.05, 0.1) is 11.2 Å². The van der Waals surface area contributed by atoms with E-state index in [1.54, 1.807) is 0 Å². The second-order valence-corrected chi connectivity index (χ2v) is 4.94. The average Bonchev–Trinajstić information content (AvgIpc) is 2.58. The van der Waals surface area contributed by atoms with E-state index in [1.807, 2.05) is 0 Å². The molecular formula is C7H6N4O4S. The summed E-state index contributed by atoms with van der Waals surface area (Å²) in [5.74, 6) is 0. The highest BCUT2D eigenvalue weighted by atomic mass is 32.2. The van der Waals surface area contributed by atoms with E-state index in [-0.39, 0.29) is 16.7 Å². The fourth-order valence-corrected chi connectivity index (χ4v) is 1.93. The molecule has 0 amide bonds. The average molecular weight is 242 g/mol. The summed E-state index contributed by atoms with van der Waals surface area (Å²) in [6.07, 6.45) is 0.975. The summed E-state index contributed by atoms with van der Waals surface area (Å²) in [7, 11) is -3.55. The topological polar surface area (TPSA) is 108 Å². The van der Waals surface area contributed by atoms with Crippen LogP contribution in [0.1, 0.15) is 0 Å². The number of nitro benzene ring substituents is 1. The lowest BCUT2D eigenvalue weighted by molar-refractivity contribution is -0.384. The summed E-state index contributed by atoms with van der Waals surface area (Å²) in [6, 6.07) is 3.67. The molecule has 0 saturated carbocycles. The van der Waals surface area contributed by atoms with Crippen molar-refractivity contribution in [2.75, 3.05) is 6.26 Å². The molecule has 0 aliphatic heterocycles. The zero-order valence-corrected chi connectivity index (χ0v) is 8.88. The molecule has 9 heteroatoms. The minimum atomic E-state index is -3.55. The predicted molar refractivity (Wildman–Crippen MR) is 54.4 cm³/mol. The minimum absolute atomic E-state index is 0.159. The zero-order chi connectivity index (χ0) is 11.9. The highest BCUT2D eigenvalue weighted by Gasteiger charge is 2.15. The van der Waals surface area contributed by atoms with Crippen LogP contribution in [0.15, 0.2) is 18.2 Å². The van der Waals surface area contributed by atoms with Crippen molar-refractivity contribution < 1.29 is 13.3 Å². The number of hydrogen-bond acceptors (Lipinski definition) is 6. The summed E-state index contributed by atoms with van der Waals surface area (Å²) in [4.78, 5) is 9.90. The third kappa shape index (κ3) is 1.60. The fraction of sp³-hybridized carbons (Fsp3) is 0.143. The minimum Gasteiger partial charge on any atom is -0.258 e. The van der Waals surface area contributed by atoms with Crippen molar-refractivity contribution in [1.29, 1.82) is 0 Å². The van der Waals surface area contributed by atoms with Gasteiger partial charge in [-0.3, -0.25) is 10.1 Å². The van der Waals surface area contributed by atoms with Gasteiger partial charge in [0.1, 0.15) is 11.0 Å². The molecule has 0 saturated heterocycles. The van der Waals surface area contributed by atoms with Crippen LogP contribution in [0.5, 0.6) is 0 Å². The van der Waals surface area contributed by atoms with Crippen LogP contribution in [-0.4, -0.2) is 34.0 Å². The first kappa shape index (κ1) is 10.5. The molecule has 0 fully saturated rings. The van der Waals surface area contributed by atoms with Crippen LogP contribution in [0, 0.1) is 10.1 Å². The number of fused-ring (bicyclic) bond motifs is 1. The van der Waals surface area contributed by atoms with Gasteiger partial charge in [-0.05, 0) is 6.07 Å². The molecule has 1 aromatic heterocycles. The zero-order valence-electron chi connectivity index (χ0n) is 8.06. The number of rotatable bonds is 2. The van der Waals surface area contributed by atoms with Gasteiger partial charge in [0.2, 0.25) is 0 Å². The van der Waals surface area contributed by atoms with Crippen molar-refractivity contribution in [3.8, 4) is 0 Å². The summed E-state index contributed by atoms with van der Waals surface area (Å²) in [6.45, 7) is 0. The Balaban J connectivity index is 2.73. The van der Waals surface area contributed by atoms with Gasteiger partial charge >= 0.3 is 0 Å². The van der Waals surface area contributed by atoms with E-state index in [1.165, 1.54) is 18.2 Å². The van der Waals surface area contributed by atoms with Crippen LogP contribution in [0.4, 0.5) is 5.69 Å². The van der Waals surface area contributed by atoms with Crippen LogP contribution in [0.2, 0.25) is 0 Å². The Morgan fingerprint density at radius 1 is 1.44 bits per heavy atom. The van der Waals surface area contributed by atoms with Crippen LogP contribution >= 0.6 is 0 Å². The largest absolute Gasteiger partial charge is 0.271 e. The van der Waals surface area contributed by atoms with E-state index < -0.39 is 14.9 Å². The maximum absolute atomic E-state index is 11.3. The molecule has 0 radical (unpaired) electrons. The smallest absolute Gasteiger partial charge is 0.258 e. The van der Waals surface area contributed by atoms with Crippen LogP contribution < -0.4 is 0 Å². The van der Waals surface area contributed by atoms with Gasteiger partial charge in [-0.15, -0.1) is 9.19 Å². The van der Waals surface area contributed by atoms with Gasteiger partial charge in [0.15, 0.2) is 0 Å². The molecule has 0 aliphatic rings. The first-order valence-electron chi connectivity index (χ1n) is 4.10. The highest BCUT2D eigenvalue weighted by molar-refractivity contribution is 7.89. The van der Waals surface area contributed by atoms with Crippen molar-refractivity contribution >= 4 is 26.7 Å². The van der Waals surface area contributed by atoms with E-state index >= 15 is 0 Å². The van der Waals surface area contributed by atoms with Gasteiger partial charge in [-0.2, -0.15) is 0 Å². The lowest BCUT2D eigenvalue weighted by Crippen LogP contribution is -2.11. The third-order valence-electron chi connectivity index (χ3n) is 1.92. The first-order chi connectivity index (χ1) is 7.39. The Morgan fingerprint density at radius 2 is 2.12 bits per heavy atom. The highest BCUT2D eigenvalue weighted by Crippen LogP contribution is 2.19. The number of benzene rings is 1. The summed E-state index contributed by atoms with van der Waals surface area (Å²) in [5, 5.41) is 17.5. The number of nitrogens with zero attached hydrogens (tertiary/aromatic N) is 4. The lowest BCUT2D eigenvalue weighted by atomic mass is 10.3. The molecule has 0 spiro atoms. The number of hydrogen-bond donors (Lipinski definition) is 0. The number of nitro groups is 1. The van der Waals surface area contributed by atoms with Crippen molar-refractivity contribution in [3.63, 3.8) is 0 Å². The predicted octanol–water partition coefficient (Wildman–Crippen LogP) is 0.147. The van der Waals surface area contributed by atoms with Crippen LogP contribution in [0.3, 0.4) is 0 Å². The lowest BCUT2D eigenvalue weighted by Gasteiger charge is -1.96. The van der Waals surface area contributed by atoms with E-state index in [2.05, 4.69) is 10.3 Å². The monoisotopic (exact) mass is 242 g/mol.